The highest BCUT2D eigenvalue weighted by Crippen LogP contribution is 2.43. The molecule has 0 atom stereocenters. The third kappa shape index (κ3) is 7.34. The summed E-state index contributed by atoms with van der Waals surface area (Å²) >= 11 is 15.4. The molecule has 0 radical (unpaired) electrons. The SMILES string of the molecule is CSc1cc2c(C)c(-c3cc(Cl)c4[nH]nc(-c5cccc(-c6nc7[nH]c(=O)c(OC8CCN(C)CC8)cc7cc6-c6cc(Cl)c7[nH]ncc7c6)c5)c4c3)c(-c3ccccc3)nc2[nH]c1=O. The molecule has 1 saturated heterocycles. The molecule has 0 bridgehead atoms. The first-order valence-electron chi connectivity index (χ1n) is 21.1. The van der Waals surface area contributed by atoms with Crippen LogP contribution in [0.5, 0.6) is 5.75 Å². The van der Waals surface area contributed by atoms with Crippen LogP contribution in [0.4, 0.5) is 0 Å². The number of pyridine rings is 4. The van der Waals surface area contributed by atoms with Crippen LogP contribution < -0.4 is 15.9 Å². The van der Waals surface area contributed by atoms with Crippen LogP contribution in [0.3, 0.4) is 0 Å². The molecule has 7 heterocycles. The van der Waals surface area contributed by atoms with Crippen LogP contribution in [0.15, 0.2) is 118 Å². The highest BCUT2D eigenvalue weighted by Gasteiger charge is 2.24. The Morgan fingerprint density at radius 1 is 0.692 bits per heavy atom. The molecule has 1 fully saturated rings. The Morgan fingerprint density at radius 3 is 2.22 bits per heavy atom. The monoisotopic (exact) mass is 915 g/mol. The van der Waals surface area contributed by atoms with E-state index in [2.05, 4.69) is 50.2 Å². The fourth-order valence-corrected chi connectivity index (χ4v) is 10.0. The molecule has 0 spiro atoms. The number of hydrogen-bond donors (Lipinski definition) is 4. The molecule has 0 unspecified atom stereocenters. The molecule has 12 nitrogen and oxygen atoms in total. The van der Waals surface area contributed by atoms with Gasteiger partial charge in [0.15, 0.2) is 5.75 Å². The molecule has 10 aromatic rings. The summed E-state index contributed by atoms with van der Waals surface area (Å²) in [6, 6.07) is 31.6. The van der Waals surface area contributed by atoms with Crippen molar-refractivity contribution in [3.63, 3.8) is 0 Å². The van der Waals surface area contributed by atoms with E-state index in [-0.39, 0.29) is 23.0 Å². The number of H-pyrrole nitrogens is 4. The van der Waals surface area contributed by atoms with Crippen molar-refractivity contribution in [2.75, 3.05) is 26.4 Å². The predicted molar refractivity (Wildman–Crippen MR) is 262 cm³/mol. The normalized spacial score (nSPS) is 13.7. The third-order valence-corrected chi connectivity index (χ3v) is 13.7. The van der Waals surface area contributed by atoms with Gasteiger partial charge >= 0.3 is 0 Å². The molecular weight excluding hydrogens is 878 g/mol. The predicted octanol–water partition coefficient (Wildman–Crippen LogP) is 11.1. The maximum atomic E-state index is 13.6. The second-order valence-corrected chi connectivity index (χ2v) is 18.1. The molecule has 1 aliphatic rings. The van der Waals surface area contributed by atoms with Crippen molar-refractivity contribution in [2.45, 2.75) is 30.8 Å². The zero-order valence-corrected chi connectivity index (χ0v) is 37.7. The summed E-state index contributed by atoms with van der Waals surface area (Å²) in [5.41, 5.74) is 10.7. The van der Waals surface area contributed by atoms with E-state index in [0.29, 0.717) is 48.8 Å². The zero-order valence-electron chi connectivity index (χ0n) is 35.3. The summed E-state index contributed by atoms with van der Waals surface area (Å²) in [5.74, 6) is 0.270. The quantitative estimate of drug-likeness (QED) is 0.109. The van der Waals surface area contributed by atoms with Gasteiger partial charge in [-0.2, -0.15) is 10.2 Å². The van der Waals surface area contributed by atoms with Crippen LogP contribution in [-0.4, -0.2) is 77.7 Å². The molecular formula is C50H39Cl2N9O3S. The summed E-state index contributed by atoms with van der Waals surface area (Å²) in [6.07, 6.45) is 5.26. The Hall–Kier alpha value is -6.77. The van der Waals surface area contributed by atoms with Gasteiger partial charge in [0.2, 0.25) is 0 Å². The first-order valence-corrected chi connectivity index (χ1v) is 23.1. The third-order valence-electron chi connectivity index (χ3n) is 12.4. The van der Waals surface area contributed by atoms with E-state index in [9.17, 15) is 9.59 Å². The number of nitrogens with one attached hydrogen (secondary N) is 4. The molecule has 1 aliphatic heterocycles. The lowest BCUT2D eigenvalue weighted by molar-refractivity contribution is 0.113. The van der Waals surface area contributed by atoms with Crippen LogP contribution in [-0.2, 0) is 0 Å². The fraction of sp³-hybridized carbons (Fsp3) is 0.160. The van der Waals surface area contributed by atoms with Crippen LogP contribution >= 0.6 is 35.0 Å². The van der Waals surface area contributed by atoms with Crippen LogP contribution in [0, 0.1) is 6.92 Å². The van der Waals surface area contributed by atoms with Crippen molar-refractivity contribution >= 4 is 78.8 Å². The van der Waals surface area contributed by atoms with Crippen molar-refractivity contribution < 1.29 is 4.74 Å². The molecule has 6 aromatic heterocycles. The van der Waals surface area contributed by atoms with Gasteiger partial charge < -0.3 is 19.6 Å². The highest BCUT2D eigenvalue weighted by atomic mass is 35.5. The maximum Gasteiger partial charge on any atom is 0.291 e. The molecule has 0 aliphatic carbocycles. The number of nitrogens with zero attached hydrogens (tertiary/aromatic N) is 5. The van der Waals surface area contributed by atoms with Crippen molar-refractivity contribution in [1.82, 2.24) is 45.2 Å². The standard InChI is InChI=1S/C50H39Cl2N9O3S/c1-25-34-23-40(65-3)50(63)57-48(34)55-45(26-8-5-4-6-9-26)41(25)30-18-36-43(59-60-46(36)38(52)21-30)28-11-7-10-27(16-28)42-35(29-17-32-24-53-58-44(32)37(51)20-29)19-31-22-39(49(62)56-47(31)54-42)64-33-12-14-61(2)15-13-33/h4-11,16-24,33H,12-15H2,1-3H3,(H,53,58)(H,59,60)(H,54,56,62)(H,55,57,63). The average molecular weight is 917 g/mol. The van der Waals surface area contributed by atoms with Gasteiger partial charge in [-0.05, 0) is 98.3 Å². The van der Waals surface area contributed by atoms with Crippen LogP contribution in [0.1, 0.15) is 18.4 Å². The minimum Gasteiger partial charge on any atom is -0.485 e. The second-order valence-electron chi connectivity index (χ2n) is 16.5. The molecule has 65 heavy (non-hydrogen) atoms. The lowest BCUT2D eigenvalue weighted by Crippen LogP contribution is -2.36. The number of hydrogen-bond acceptors (Lipinski definition) is 9. The number of ether oxygens (including phenoxy) is 1. The lowest BCUT2D eigenvalue weighted by atomic mass is 9.92. The van der Waals surface area contributed by atoms with Crippen LogP contribution in [0.25, 0.3) is 99.9 Å². The maximum absolute atomic E-state index is 13.6. The smallest absolute Gasteiger partial charge is 0.291 e. The Bertz CT molecular complexity index is 3650. The van der Waals surface area contributed by atoms with Gasteiger partial charge in [0.25, 0.3) is 11.1 Å². The number of likely N-dealkylation sites (tertiary alicyclic amines) is 1. The molecule has 4 aromatic carbocycles. The molecule has 0 amide bonds. The minimum atomic E-state index is -0.333. The number of thioether (sulfide) groups is 1. The summed E-state index contributed by atoms with van der Waals surface area (Å²) in [5, 5.41) is 19.5. The summed E-state index contributed by atoms with van der Waals surface area (Å²) in [7, 11) is 2.09. The second kappa shape index (κ2) is 16.3. The van der Waals surface area contributed by atoms with Crippen molar-refractivity contribution in [2.24, 2.45) is 0 Å². The lowest BCUT2D eigenvalue weighted by Gasteiger charge is -2.29. The van der Waals surface area contributed by atoms with Crippen molar-refractivity contribution in [3.05, 3.63) is 140 Å². The van der Waals surface area contributed by atoms with Gasteiger partial charge in [0, 0.05) is 62.5 Å². The first kappa shape index (κ1) is 41.0. The number of halogens is 2. The van der Waals surface area contributed by atoms with Crippen LogP contribution in [0.2, 0.25) is 10.0 Å². The van der Waals surface area contributed by atoms with Crippen molar-refractivity contribution in [3.8, 4) is 61.8 Å². The minimum absolute atomic E-state index is 0.0511. The van der Waals surface area contributed by atoms with E-state index in [1.807, 2.05) is 91.2 Å². The number of aromatic amines is 4. The number of fused-ring (bicyclic) bond motifs is 4. The van der Waals surface area contributed by atoms with Gasteiger partial charge in [0.05, 0.1) is 49.3 Å². The Morgan fingerprint density at radius 2 is 1.42 bits per heavy atom. The summed E-state index contributed by atoms with van der Waals surface area (Å²) in [4.78, 5) is 45.6. The van der Waals surface area contributed by atoms with E-state index in [1.165, 1.54) is 11.8 Å². The number of aryl methyl sites for hydroxylation is 1. The Balaban J connectivity index is 1.07. The first-order chi connectivity index (χ1) is 31.6. The van der Waals surface area contributed by atoms with Crippen molar-refractivity contribution in [1.29, 1.82) is 0 Å². The molecule has 0 saturated carbocycles. The van der Waals surface area contributed by atoms with Gasteiger partial charge in [-0.15, -0.1) is 11.8 Å². The Labute approximate surface area is 385 Å². The Kier molecular flexibility index (Phi) is 10.3. The number of aromatic nitrogens is 8. The van der Waals surface area contributed by atoms with E-state index in [1.54, 1.807) is 12.3 Å². The summed E-state index contributed by atoms with van der Waals surface area (Å²) < 4.78 is 6.31. The zero-order chi connectivity index (χ0) is 44.5. The average Bonchev–Trinajstić information content (AvgIpc) is 3.98. The highest BCUT2D eigenvalue weighted by molar-refractivity contribution is 7.98. The number of benzene rings is 4. The van der Waals surface area contributed by atoms with Gasteiger partial charge in [-0.25, -0.2) is 9.97 Å². The van der Waals surface area contributed by atoms with Gasteiger partial charge in [-0.3, -0.25) is 19.8 Å². The molecule has 322 valence electrons. The fourth-order valence-electron chi connectivity index (χ4n) is 9.02. The molecule has 4 N–H and O–H groups in total. The summed E-state index contributed by atoms with van der Waals surface area (Å²) in [6.45, 7) is 3.86. The van der Waals surface area contributed by atoms with E-state index < -0.39 is 0 Å². The van der Waals surface area contributed by atoms with E-state index in [4.69, 9.17) is 43.0 Å². The number of rotatable bonds is 8. The number of piperidine rings is 1. The van der Waals surface area contributed by atoms with E-state index in [0.717, 1.165) is 97.5 Å². The molecule has 11 rings (SSSR count). The van der Waals surface area contributed by atoms with E-state index >= 15 is 0 Å². The largest absolute Gasteiger partial charge is 0.485 e. The molecule has 15 heteroatoms. The van der Waals surface area contributed by atoms with Gasteiger partial charge in [-0.1, -0.05) is 71.7 Å². The van der Waals surface area contributed by atoms with Gasteiger partial charge in [0.1, 0.15) is 17.4 Å². The topological polar surface area (TPSA) is 161 Å².